The lowest BCUT2D eigenvalue weighted by molar-refractivity contribution is -0.118. The summed E-state index contributed by atoms with van der Waals surface area (Å²) in [6, 6.07) is 16.2. The van der Waals surface area contributed by atoms with Gasteiger partial charge < -0.3 is 10.6 Å². The van der Waals surface area contributed by atoms with E-state index < -0.39 is 0 Å². The van der Waals surface area contributed by atoms with Crippen LogP contribution in [0.3, 0.4) is 0 Å². The Balaban J connectivity index is 1.78. The molecule has 0 spiro atoms. The lowest BCUT2D eigenvalue weighted by Crippen LogP contribution is -2.40. The minimum absolute atomic E-state index is 0.103. The summed E-state index contributed by atoms with van der Waals surface area (Å²) in [5.41, 5.74) is 4.66. The molecule has 4 heteroatoms. The number of hydrogen-bond donors (Lipinski definition) is 2. The minimum atomic E-state index is -0.189. The Morgan fingerprint density at radius 1 is 0.727 bits per heavy atom. The van der Waals surface area contributed by atoms with Crippen LogP contribution in [0.1, 0.15) is 70.7 Å². The molecule has 2 aromatic rings. The highest BCUT2D eigenvalue weighted by Crippen LogP contribution is 2.23. The van der Waals surface area contributed by atoms with E-state index in [9.17, 15) is 9.59 Å². The van der Waals surface area contributed by atoms with Crippen LogP contribution in [-0.4, -0.2) is 24.4 Å². The standard InChI is InChI=1S/C29H38N2O2/c1-21(31-27(33)19-13-23-10-16-25(17-11-23)29(5,6)7)20-30-26(32)18-12-22-8-14-24(15-9-22)28(2,3)4/h8-19,21H,20H2,1-7H3,(H,30,32)(H,31,33)/b18-12+,19-13+/t21-/m0/s1. The number of carbonyl (C=O) groups is 2. The molecule has 2 amide bonds. The molecule has 4 nitrogen and oxygen atoms in total. The van der Waals surface area contributed by atoms with Crippen LogP contribution >= 0.6 is 0 Å². The fraction of sp³-hybridized carbons (Fsp3) is 0.379. The maximum absolute atomic E-state index is 12.2. The van der Waals surface area contributed by atoms with E-state index in [4.69, 9.17) is 0 Å². The predicted molar refractivity (Wildman–Crippen MR) is 139 cm³/mol. The normalized spacial score (nSPS) is 13.3. The summed E-state index contributed by atoms with van der Waals surface area (Å²) in [6.45, 7) is 15.2. The van der Waals surface area contributed by atoms with Crippen LogP contribution in [0.25, 0.3) is 12.2 Å². The van der Waals surface area contributed by atoms with Crippen molar-refractivity contribution in [3.8, 4) is 0 Å². The summed E-state index contributed by atoms with van der Waals surface area (Å²) in [5.74, 6) is -0.378. The summed E-state index contributed by atoms with van der Waals surface area (Å²) in [5, 5.41) is 5.69. The van der Waals surface area contributed by atoms with Crippen molar-refractivity contribution in [2.24, 2.45) is 0 Å². The van der Waals surface area contributed by atoms with Gasteiger partial charge in [-0.05, 0) is 52.2 Å². The van der Waals surface area contributed by atoms with Gasteiger partial charge in [-0.25, -0.2) is 0 Å². The van der Waals surface area contributed by atoms with Crippen molar-refractivity contribution in [3.63, 3.8) is 0 Å². The molecule has 0 unspecified atom stereocenters. The molecule has 2 rings (SSSR count). The molecular weight excluding hydrogens is 408 g/mol. The zero-order valence-electron chi connectivity index (χ0n) is 21.0. The zero-order chi connectivity index (χ0) is 24.6. The molecule has 1 atom stereocenters. The highest BCUT2D eigenvalue weighted by molar-refractivity contribution is 5.93. The Kier molecular flexibility index (Phi) is 8.81. The van der Waals surface area contributed by atoms with Gasteiger partial charge in [0.25, 0.3) is 0 Å². The number of nitrogens with one attached hydrogen (secondary N) is 2. The van der Waals surface area contributed by atoms with E-state index >= 15 is 0 Å². The van der Waals surface area contributed by atoms with Crippen molar-refractivity contribution in [2.75, 3.05) is 6.54 Å². The molecule has 0 aromatic heterocycles. The Morgan fingerprint density at radius 3 is 1.52 bits per heavy atom. The van der Waals surface area contributed by atoms with E-state index in [1.54, 1.807) is 12.2 Å². The summed E-state index contributed by atoms with van der Waals surface area (Å²) in [4.78, 5) is 24.3. The Bertz CT molecular complexity index is 986. The summed E-state index contributed by atoms with van der Waals surface area (Å²) in [6.07, 6.45) is 6.62. The second-order valence-corrected chi connectivity index (χ2v) is 10.6. The zero-order valence-corrected chi connectivity index (χ0v) is 21.0. The predicted octanol–water partition coefficient (Wildman–Crippen LogP) is 5.63. The van der Waals surface area contributed by atoms with Crippen LogP contribution in [0.2, 0.25) is 0 Å². The lowest BCUT2D eigenvalue weighted by atomic mass is 9.87. The molecule has 0 saturated heterocycles. The van der Waals surface area contributed by atoms with Gasteiger partial charge in [0, 0.05) is 24.7 Å². The van der Waals surface area contributed by atoms with E-state index in [1.165, 1.54) is 23.3 Å². The van der Waals surface area contributed by atoms with Gasteiger partial charge in [0.1, 0.15) is 0 Å². The van der Waals surface area contributed by atoms with Gasteiger partial charge >= 0.3 is 0 Å². The van der Waals surface area contributed by atoms with Gasteiger partial charge in [-0.3, -0.25) is 9.59 Å². The van der Waals surface area contributed by atoms with Gasteiger partial charge in [0.2, 0.25) is 11.8 Å². The molecule has 0 fully saturated rings. The van der Waals surface area contributed by atoms with Gasteiger partial charge in [-0.2, -0.15) is 0 Å². The van der Waals surface area contributed by atoms with Crippen LogP contribution in [0.4, 0.5) is 0 Å². The van der Waals surface area contributed by atoms with Crippen LogP contribution in [0.15, 0.2) is 60.7 Å². The van der Waals surface area contributed by atoms with E-state index in [2.05, 4.69) is 76.4 Å². The molecule has 0 aliphatic heterocycles. The van der Waals surface area contributed by atoms with E-state index in [1.807, 2.05) is 31.2 Å². The van der Waals surface area contributed by atoms with Crippen LogP contribution in [0, 0.1) is 0 Å². The number of benzene rings is 2. The fourth-order valence-electron chi connectivity index (χ4n) is 3.19. The minimum Gasteiger partial charge on any atom is -0.351 e. The topological polar surface area (TPSA) is 58.2 Å². The third kappa shape index (κ3) is 9.09. The first-order valence-electron chi connectivity index (χ1n) is 11.5. The first-order valence-corrected chi connectivity index (χ1v) is 11.5. The molecule has 176 valence electrons. The molecule has 2 aromatic carbocycles. The highest BCUT2D eigenvalue weighted by atomic mass is 16.2. The van der Waals surface area contributed by atoms with Gasteiger partial charge in [-0.15, -0.1) is 0 Å². The van der Waals surface area contributed by atoms with Crippen molar-refractivity contribution in [1.29, 1.82) is 0 Å². The highest BCUT2D eigenvalue weighted by Gasteiger charge is 2.13. The molecule has 0 radical (unpaired) electrons. The molecule has 33 heavy (non-hydrogen) atoms. The molecule has 0 bridgehead atoms. The number of rotatable bonds is 7. The van der Waals surface area contributed by atoms with E-state index in [0.29, 0.717) is 6.54 Å². The largest absolute Gasteiger partial charge is 0.351 e. The van der Waals surface area contributed by atoms with Crippen LogP contribution < -0.4 is 10.6 Å². The first-order chi connectivity index (χ1) is 15.3. The SMILES string of the molecule is C[C@@H](CNC(=O)/C=C/c1ccc(C(C)(C)C)cc1)NC(=O)/C=C/c1ccc(C(C)(C)C)cc1. The number of hydrogen-bond acceptors (Lipinski definition) is 2. The Morgan fingerprint density at radius 2 is 1.12 bits per heavy atom. The second-order valence-electron chi connectivity index (χ2n) is 10.6. The smallest absolute Gasteiger partial charge is 0.244 e. The monoisotopic (exact) mass is 446 g/mol. The van der Waals surface area contributed by atoms with Crippen LogP contribution in [0.5, 0.6) is 0 Å². The average molecular weight is 447 g/mol. The van der Waals surface area contributed by atoms with Crippen molar-refractivity contribution >= 4 is 24.0 Å². The van der Waals surface area contributed by atoms with E-state index in [-0.39, 0.29) is 28.7 Å². The summed E-state index contributed by atoms with van der Waals surface area (Å²) in [7, 11) is 0. The summed E-state index contributed by atoms with van der Waals surface area (Å²) >= 11 is 0. The molecule has 0 saturated carbocycles. The van der Waals surface area contributed by atoms with Crippen LogP contribution in [-0.2, 0) is 20.4 Å². The van der Waals surface area contributed by atoms with Gasteiger partial charge in [0.05, 0.1) is 0 Å². The molecule has 2 N–H and O–H groups in total. The van der Waals surface area contributed by atoms with Crippen molar-refractivity contribution in [1.82, 2.24) is 10.6 Å². The van der Waals surface area contributed by atoms with Crippen molar-refractivity contribution < 1.29 is 9.59 Å². The third-order valence-corrected chi connectivity index (χ3v) is 5.38. The van der Waals surface area contributed by atoms with E-state index in [0.717, 1.165) is 11.1 Å². The first kappa shape index (κ1) is 26.1. The maximum Gasteiger partial charge on any atom is 0.244 e. The number of carbonyl (C=O) groups excluding carboxylic acids is 2. The number of amides is 2. The molecular formula is C29H38N2O2. The van der Waals surface area contributed by atoms with Gasteiger partial charge in [-0.1, -0.05) is 90.1 Å². The van der Waals surface area contributed by atoms with Gasteiger partial charge in [0.15, 0.2) is 0 Å². The molecule has 0 aliphatic carbocycles. The quantitative estimate of drug-likeness (QED) is 0.542. The fourth-order valence-corrected chi connectivity index (χ4v) is 3.19. The Labute approximate surface area is 199 Å². The van der Waals surface area contributed by atoms with Crippen molar-refractivity contribution in [3.05, 3.63) is 82.9 Å². The average Bonchev–Trinajstić information content (AvgIpc) is 2.74. The van der Waals surface area contributed by atoms with Crippen molar-refractivity contribution in [2.45, 2.75) is 65.3 Å². The lowest BCUT2D eigenvalue weighted by Gasteiger charge is -2.18. The molecule has 0 aliphatic rings. The second kappa shape index (κ2) is 11.1. The summed E-state index contributed by atoms with van der Waals surface area (Å²) < 4.78 is 0. The maximum atomic E-state index is 12.2. The Hall–Kier alpha value is -3.14. The molecule has 0 heterocycles. The third-order valence-electron chi connectivity index (χ3n) is 5.38.